The van der Waals surface area contributed by atoms with Crippen molar-refractivity contribution in [3.05, 3.63) is 41.8 Å². The Bertz CT molecular complexity index is 831. The number of carbonyl (C=O) groups excluding carboxylic acids is 1. The van der Waals surface area contributed by atoms with Crippen LogP contribution in [0, 0.1) is 5.82 Å². The SMILES string of the molecule is COc1nc(N2CCN(c3ccc(F)cc3)CC2)ncc1C(=O)N1CCCC1. The van der Waals surface area contributed by atoms with Crippen LogP contribution in [-0.4, -0.2) is 67.2 Å². The summed E-state index contributed by atoms with van der Waals surface area (Å²) in [6, 6.07) is 6.55. The van der Waals surface area contributed by atoms with Gasteiger partial charge in [-0.05, 0) is 37.1 Å². The number of carbonyl (C=O) groups is 1. The molecule has 7 nitrogen and oxygen atoms in total. The van der Waals surface area contributed by atoms with Gasteiger partial charge in [-0.25, -0.2) is 9.37 Å². The molecule has 28 heavy (non-hydrogen) atoms. The molecule has 1 aromatic carbocycles. The quantitative estimate of drug-likeness (QED) is 0.804. The first-order valence-electron chi connectivity index (χ1n) is 9.61. The number of anilines is 2. The van der Waals surface area contributed by atoms with Gasteiger partial charge in [0.05, 0.1) is 7.11 Å². The largest absolute Gasteiger partial charge is 0.480 e. The summed E-state index contributed by atoms with van der Waals surface area (Å²) < 4.78 is 18.5. The standard InChI is InChI=1S/C20H24FN5O2/c1-28-18-17(19(27)25-8-2-3-9-25)14-22-20(23-18)26-12-10-24(11-13-26)16-6-4-15(21)5-7-16/h4-7,14H,2-3,8-13H2,1H3. The predicted octanol–water partition coefficient (Wildman–Crippen LogP) is 2.19. The Kier molecular flexibility index (Phi) is 5.27. The smallest absolute Gasteiger partial charge is 0.260 e. The van der Waals surface area contributed by atoms with E-state index in [2.05, 4.69) is 19.8 Å². The molecule has 2 fully saturated rings. The Labute approximate surface area is 163 Å². The molecule has 148 valence electrons. The fourth-order valence-electron chi connectivity index (χ4n) is 3.72. The lowest BCUT2D eigenvalue weighted by Gasteiger charge is -2.36. The highest BCUT2D eigenvalue weighted by Gasteiger charge is 2.26. The maximum absolute atomic E-state index is 13.1. The Morgan fingerprint density at radius 3 is 2.29 bits per heavy atom. The van der Waals surface area contributed by atoms with E-state index < -0.39 is 0 Å². The first kappa shape index (κ1) is 18.5. The lowest BCUT2D eigenvalue weighted by molar-refractivity contribution is 0.0788. The molecule has 2 aliphatic heterocycles. The first-order chi connectivity index (χ1) is 13.7. The molecule has 2 aromatic rings. The third kappa shape index (κ3) is 3.72. The van der Waals surface area contributed by atoms with Gasteiger partial charge in [-0.1, -0.05) is 0 Å². The number of hydrogen-bond donors (Lipinski definition) is 0. The molecule has 8 heteroatoms. The molecule has 0 saturated carbocycles. The number of methoxy groups -OCH3 is 1. The second kappa shape index (κ2) is 8.00. The number of hydrogen-bond acceptors (Lipinski definition) is 6. The molecule has 2 saturated heterocycles. The number of amides is 1. The van der Waals surface area contributed by atoms with Crippen LogP contribution in [-0.2, 0) is 0 Å². The number of piperazine rings is 1. The summed E-state index contributed by atoms with van der Waals surface area (Å²) in [5, 5.41) is 0. The second-order valence-electron chi connectivity index (χ2n) is 7.04. The van der Waals surface area contributed by atoms with Crippen molar-refractivity contribution < 1.29 is 13.9 Å². The fourth-order valence-corrected chi connectivity index (χ4v) is 3.72. The zero-order valence-corrected chi connectivity index (χ0v) is 16.0. The highest BCUT2D eigenvalue weighted by molar-refractivity contribution is 5.96. The summed E-state index contributed by atoms with van der Waals surface area (Å²) in [6.07, 6.45) is 3.64. The lowest BCUT2D eigenvalue weighted by atomic mass is 10.2. The summed E-state index contributed by atoms with van der Waals surface area (Å²) in [7, 11) is 1.53. The Morgan fingerprint density at radius 1 is 1.00 bits per heavy atom. The fraction of sp³-hybridized carbons (Fsp3) is 0.450. The topological polar surface area (TPSA) is 61.8 Å². The molecule has 3 heterocycles. The maximum Gasteiger partial charge on any atom is 0.260 e. The zero-order chi connectivity index (χ0) is 19.5. The minimum Gasteiger partial charge on any atom is -0.480 e. The van der Waals surface area contributed by atoms with E-state index in [1.165, 1.54) is 19.2 Å². The van der Waals surface area contributed by atoms with Gasteiger partial charge in [-0.3, -0.25) is 4.79 Å². The molecule has 2 aliphatic rings. The van der Waals surface area contributed by atoms with Crippen LogP contribution in [0.25, 0.3) is 0 Å². The predicted molar refractivity (Wildman–Crippen MR) is 105 cm³/mol. The number of aromatic nitrogens is 2. The minimum atomic E-state index is -0.230. The van der Waals surface area contributed by atoms with Crippen molar-refractivity contribution >= 4 is 17.5 Å². The molecule has 0 atom stereocenters. The molecule has 1 amide bonds. The molecule has 1 aromatic heterocycles. The van der Waals surface area contributed by atoms with E-state index in [9.17, 15) is 9.18 Å². The van der Waals surface area contributed by atoms with Gasteiger partial charge in [-0.15, -0.1) is 0 Å². The van der Waals surface area contributed by atoms with Crippen LogP contribution in [0.2, 0.25) is 0 Å². The number of likely N-dealkylation sites (tertiary alicyclic amines) is 1. The Hall–Kier alpha value is -2.90. The average Bonchev–Trinajstić information content (AvgIpc) is 3.28. The van der Waals surface area contributed by atoms with Crippen molar-refractivity contribution in [1.29, 1.82) is 0 Å². The highest BCUT2D eigenvalue weighted by Crippen LogP contribution is 2.24. The molecule has 0 aliphatic carbocycles. The molecule has 0 N–H and O–H groups in total. The Balaban J connectivity index is 1.45. The van der Waals surface area contributed by atoms with Gasteiger partial charge in [0.1, 0.15) is 11.4 Å². The van der Waals surface area contributed by atoms with E-state index >= 15 is 0 Å². The van der Waals surface area contributed by atoms with Crippen molar-refractivity contribution in [3.63, 3.8) is 0 Å². The Morgan fingerprint density at radius 2 is 1.64 bits per heavy atom. The summed E-state index contributed by atoms with van der Waals surface area (Å²) in [5.41, 5.74) is 1.42. The van der Waals surface area contributed by atoms with Gasteiger partial charge in [-0.2, -0.15) is 4.98 Å². The van der Waals surface area contributed by atoms with E-state index in [0.29, 0.717) is 17.4 Å². The maximum atomic E-state index is 13.1. The monoisotopic (exact) mass is 385 g/mol. The molecular weight excluding hydrogens is 361 g/mol. The van der Waals surface area contributed by atoms with E-state index in [4.69, 9.17) is 4.74 Å². The number of ether oxygens (including phenoxy) is 1. The van der Waals surface area contributed by atoms with Crippen molar-refractivity contribution in [1.82, 2.24) is 14.9 Å². The van der Waals surface area contributed by atoms with E-state index in [0.717, 1.165) is 57.8 Å². The van der Waals surface area contributed by atoms with Gasteiger partial charge in [0.2, 0.25) is 11.8 Å². The summed E-state index contributed by atoms with van der Waals surface area (Å²) in [4.78, 5) is 27.7. The number of rotatable bonds is 4. The molecule has 0 unspecified atom stereocenters. The van der Waals surface area contributed by atoms with Crippen LogP contribution in [0.4, 0.5) is 16.0 Å². The van der Waals surface area contributed by atoms with Crippen LogP contribution in [0.5, 0.6) is 5.88 Å². The molecule has 0 radical (unpaired) electrons. The third-order valence-corrected chi connectivity index (χ3v) is 5.31. The molecule has 4 rings (SSSR count). The lowest BCUT2D eigenvalue weighted by Crippen LogP contribution is -2.47. The van der Waals surface area contributed by atoms with Crippen LogP contribution in [0.1, 0.15) is 23.2 Å². The van der Waals surface area contributed by atoms with Crippen molar-refractivity contribution in [2.24, 2.45) is 0 Å². The number of benzene rings is 1. The van der Waals surface area contributed by atoms with Crippen LogP contribution in [0.15, 0.2) is 30.5 Å². The zero-order valence-electron chi connectivity index (χ0n) is 16.0. The van der Waals surface area contributed by atoms with Gasteiger partial charge in [0, 0.05) is 51.2 Å². The average molecular weight is 385 g/mol. The second-order valence-corrected chi connectivity index (χ2v) is 7.04. The van der Waals surface area contributed by atoms with Crippen molar-refractivity contribution in [3.8, 4) is 5.88 Å². The number of nitrogens with zero attached hydrogens (tertiary/aromatic N) is 5. The summed E-state index contributed by atoms with van der Waals surface area (Å²) in [6.45, 7) is 4.58. The molecular formula is C20H24FN5O2. The van der Waals surface area contributed by atoms with Crippen LogP contribution < -0.4 is 14.5 Å². The van der Waals surface area contributed by atoms with E-state index in [1.807, 2.05) is 4.90 Å². The van der Waals surface area contributed by atoms with E-state index in [-0.39, 0.29) is 11.7 Å². The summed E-state index contributed by atoms with van der Waals surface area (Å²) in [5.74, 6) is 0.588. The van der Waals surface area contributed by atoms with Gasteiger partial charge in [0.25, 0.3) is 5.91 Å². The van der Waals surface area contributed by atoms with Gasteiger partial charge >= 0.3 is 0 Å². The summed E-state index contributed by atoms with van der Waals surface area (Å²) >= 11 is 0. The third-order valence-electron chi connectivity index (χ3n) is 5.31. The molecule has 0 bridgehead atoms. The van der Waals surface area contributed by atoms with Crippen LogP contribution >= 0.6 is 0 Å². The normalized spacial score (nSPS) is 17.1. The molecule has 0 spiro atoms. The van der Waals surface area contributed by atoms with Crippen molar-refractivity contribution in [2.45, 2.75) is 12.8 Å². The highest BCUT2D eigenvalue weighted by atomic mass is 19.1. The minimum absolute atomic E-state index is 0.0676. The van der Waals surface area contributed by atoms with Crippen molar-refractivity contribution in [2.75, 3.05) is 56.2 Å². The van der Waals surface area contributed by atoms with Crippen LogP contribution in [0.3, 0.4) is 0 Å². The van der Waals surface area contributed by atoms with E-state index in [1.54, 1.807) is 18.3 Å². The number of halogens is 1. The van der Waals surface area contributed by atoms with Gasteiger partial charge < -0.3 is 19.4 Å². The van der Waals surface area contributed by atoms with Gasteiger partial charge in [0.15, 0.2) is 0 Å². The first-order valence-corrected chi connectivity index (χ1v) is 9.61.